The lowest BCUT2D eigenvalue weighted by atomic mass is 10.2. The number of nitrogens with zero attached hydrogens (tertiary/aromatic N) is 3. The van der Waals surface area contributed by atoms with E-state index in [1.54, 1.807) is 42.6 Å². The van der Waals surface area contributed by atoms with Gasteiger partial charge in [-0.25, -0.2) is 0 Å². The highest BCUT2D eigenvalue weighted by Crippen LogP contribution is 2.20. The summed E-state index contributed by atoms with van der Waals surface area (Å²) in [7, 11) is 0. The maximum absolute atomic E-state index is 6.07. The van der Waals surface area contributed by atoms with Crippen LogP contribution in [0.2, 0.25) is 20.1 Å². The van der Waals surface area contributed by atoms with E-state index in [0.717, 1.165) is 5.56 Å². The van der Waals surface area contributed by atoms with Crippen LogP contribution in [0, 0.1) is 0 Å². The van der Waals surface area contributed by atoms with Crippen molar-refractivity contribution < 1.29 is 0 Å². The van der Waals surface area contributed by atoms with Crippen LogP contribution < -0.4 is 5.43 Å². The molecule has 25 heavy (non-hydrogen) atoms. The quantitative estimate of drug-likeness (QED) is 0.366. The largest absolute Gasteiger partial charge is 0.254 e. The van der Waals surface area contributed by atoms with Crippen LogP contribution in [0.25, 0.3) is 0 Å². The zero-order chi connectivity index (χ0) is 18.2. The van der Waals surface area contributed by atoms with Crippen LogP contribution >= 0.6 is 58.2 Å². The lowest BCUT2D eigenvalue weighted by Gasteiger charge is -2.01. The Morgan fingerprint density at radius 2 is 1.48 bits per heavy atom. The third-order valence-electron chi connectivity index (χ3n) is 2.83. The molecule has 0 saturated heterocycles. The number of rotatable bonds is 4. The Kier molecular flexibility index (Phi) is 8.06. The summed E-state index contributed by atoms with van der Waals surface area (Å²) in [4.78, 5) is 0. The molecule has 0 aliphatic rings. The minimum absolute atomic E-state index is 0.500. The lowest BCUT2D eigenvalue weighted by molar-refractivity contribution is 1.03. The predicted molar refractivity (Wildman–Crippen MR) is 112 cm³/mol. The predicted octanol–water partition coefficient (Wildman–Crippen LogP) is 5.98. The number of halogens is 4. The van der Waals surface area contributed by atoms with Gasteiger partial charge in [0.05, 0.1) is 22.5 Å². The third kappa shape index (κ3) is 6.53. The van der Waals surface area contributed by atoms with Gasteiger partial charge in [-0.2, -0.15) is 10.2 Å². The molecular weight excluding hydrogens is 422 g/mol. The smallest absolute Gasteiger partial charge is 0.203 e. The van der Waals surface area contributed by atoms with E-state index < -0.39 is 0 Å². The molecule has 0 radical (unpaired) electrons. The first-order valence-electron chi connectivity index (χ1n) is 6.84. The number of thioether (sulfide) groups is 1. The molecule has 0 aliphatic carbocycles. The molecule has 2 rings (SSSR count). The van der Waals surface area contributed by atoms with Gasteiger partial charge in [-0.1, -0.05) is 70.3 Å². The number of benzene rings is 2. The van der Waals surface area contributed by atoms with Crippen molar-refractivity contribution in [1.29, 1.82) is 0 Å². The standard InChI is InChI=1S/C16H12Cl4N4S/c1-25-16(23-21-8-10-2-4-12(17)6-14(10)19)24-22-9-11-3-5-13(18)7-15(11)20/h2-9H,1H3,(H,23,24)/b21-8-,22-9-. The number of hydrogen-bond acceptors (Lipinski definition) is 4. The fourth-order valence-electron chi connectivity index (χ4n) is 1.62. The minimum atomic E-state index is 0.500. The Bertz CT molecular complexity index is 837. The van der Waals surface area contributed by atoms with Crippen LogP contribution in [-0.4, -0.2) is 23.9 Å². The molecule has 1 N–H and O–H groups in total. The van der Waals surface area contributed by atoms with Gasteiger partial charge in [-0.05, 0) is 30.5 Å². The Morgan fingerprint density at radius 3 is 2.00 bits per heavy atom. The Labute approximate surface area is 169 Å². The SMILES string of the molecule is CS/C(=N\N=C/c1ccc(Cl)cc1Cl)N/N=C\c1ccc(Cl)cc1Cl. The normalized spacial score (nSPS) is 12.3. The summed E-state index contributed by atoms with van der Waals surface area (Å²) in [5.41, 5.74) is 4.24. The molecule has 0 bridgehead atoms. The molecule has 2 aromatic rings. The molecule has 0 heterocycles. The van der Waals surface area contributed by atoms with Crippen LogP contribution in [0.5, 0.6) is 0 Å². The molecule has 0 unspecified atom stereocenters. The van der Waals surface area contributed by atoms with Crippen molar-refractivity contribution in [3.05, 3.63) is 67.6 Å². The van der Waals surface area contributed by atoms with Gasteiger partial charge >= 0.3 is 0 Å². The van der Waals surface area contributed by atoms with Crippen LogP contribution in [-0.2, 0) is 0 Å². The second-order valence-corrected chi connectivity index (χ2v) is 7.04. The first-order chi connectivity index (χ1) is 12.0. The van der Waals surface area contributed by atoms with Gasteiger partial charge in [0, 0.05) is 21.2 Å². The average molecular weight is 434 g/mol. The van der Waals surface area contributed by atoms with E-state index in [1.165, 1.54) is 18.0 Å². The molecule has 0 spiro atoms. The van der Waals surface area contributed by atoms with E-state index in [-0.39, 0.29) is 0 Å². The van der Waals surface area contributed by atoms with E-state index in [2.05, 4.69) is 20.7 Å². The van der Waals surface area contributed by atoms with E-state index in [1.807, 2.05) is 6.26 Å². The zero-order valence-corrected chi connectivity index (χ0v) is 16.7. The summed E-state index contributed by atoms with van der Waals surface area (Å²) in [6, 6.07) is 10.3. The van der Waals surface area contributed by atoms with E-state index in [0.29, 0.717) is 30.8 Å². The van der Waals surface area contributed by atoms with Gasteiger partial charge in [-0.3, -0.25) is 5.43 Å². The maximum Gasteiger partial charge on any atom is 0.203 e. The molecule has 0 fully saturated rings. The number of nitrogens with one attached hydrogen (secondary N) is 1. The van der Waals surface area contributed by atoms with E-state index in [4.69, 9.17) is 46.4 Å². The van der Waals surface area contributed by atoms with Gasteiger partial charge in [0.2, 0.25) is 5.17 Å². The molecule has 4 nitrogen and oxygen atoms in total. The van der Waals surface area contributed by atoms with Crippen molar-refractivity contribution in [3.63, 3.8) is 0 Å². The molecule has 2 aromatic carbocycles. The fraction of sp³-hybridized carbons (Fsp3) is 0.0625. The minimum Gasteiger partial charge on any atom is -0.254 e. The first-order valence-corrected chi connectivity index (χ1v) is 9.57. The average Bonchev–Trinajstić information content (AvgIpc) is 2.57. The zero-order valence-electron chi connectivity index (χ0n) is 12.9. The highest BCUT2D eigenvalue weighted by molar-refractivity contribution is 8.13. The van der Waals surface area contributed by atoms with Gasteiger partial charge in [0.25, 0.3) is 0 Å². The highest BCUT2D eigenvalue weighted by Gasteiger charge is 2.00. The molecule has 0 amide bonds. The van der Waals surface area contributed by atoms with Crippen molar-refractivity contribution in [2.45, 2.75) is 0 Å². The molecule has 0 aromatic heterocycles. The fourth-order valence-corrected chi connectivity index (χ4v) is 2.81. The summed E-state index contributed by atoms with van der Waals surface area (Å²) < 4.78 is 0. The van der Waals surface area contributed by atoms with Crippen LogP contribution in [0.1, 0.15) is 11.1 Å². The number of hydrazone groups is 1. The molecule has 0 atom stereocenters. The van der Waals surface area contributed by atoms with Crippen LogP contribution in [0.15, 0.2) is 51.7 Å². The first kappa shape index (κ1) is 20.1. The second-order valence-electron chi connectivity index (χ2n) is 4.56. The summed E-state index contributed by atoms with van der Waals surface area (Å²) in [6.45, 7) is 0. The van der Waals surface area contributed by atoms with Crippen molar-refractivity contribution in [3.8, 4) is 0 Å². The van der Waals surface area contributed by atoms with Crippen molar-refractivity contribution in [2.24, 2.45) is 15.3 Å². The molecule has 0 saturated carbocycles. The summed E-state index contributed by atoms with van der Waals surface area (Å²) >= 11 is 25.2. The second kappa shape index (κ2) is 10.0. The van der Waals surface area contributed by atoms with Crippen molar-refractivity contribution in [2.75, 3.05) is 6.26 Å². The summed E-state index contributed by atoms with van der Waals surface area (Å²) in [5, 5.41) is 14.8. The summed E-state index contributed by atoms with van der Waals surface area (Å²) in [5.74, 6) is 0. The van der Waals surface area contributed by atoms with Crippen LogP contribution in [0.4, 0.5) is 0 Å². The van der Waals surface area contributed by atoms with Gasteiger partial charge in [-0.15, -0.1) is 5.10 Å². The van der Waals surface area contributed by atoms with E-state index >= 15 is 0 Å². The summed E-state index contributed by atoms with van der Waals surface area (Å²) in [6.07, 6.45) is 4.96. The number of amidine groups is 1. The molecule has 130 valence electrons. The lowest BCUT2D eigenvalue weighted by Crippen LogP contribution is -2.13. The Hall–Kier alpha value is -1.24. The molecular formula is C16H12Cl4N4S. The monoisotopic (exact) mass is 432 g/mol. The van der Waals surface area contributed by atoms with Gasteiger partial charge in [0.15, 0.2) is 0 Å². The third-order valence-corrected chi connectivity index (χ3v) is 4.51. The van der Waals surface area contributed by atoms with Crippen molar-refractivity contribution in [1.82, 2.24) is 5.43 Å². The highest BCUT2D eigenvalue weighted by atomic mass is 35.5. The topological polar surface area (TPSA) is 49.1 Å². The number of hydrogen-bond donors (Lipinski definition) is 1. The Morgan fingerprint density at radius 1 is 0.920 bits per heavy atom. The molecule has 9 heteroatoms. The molecule has 0 aliphatic heterocycles. The van der Waals surface area contributed by atoms with Crippen molar-refractivity contribution >= 4 is 75.8 Å². The van der Waals surface area contributed by atoms with Gasteiger partial charge in [0.1, 0.15) is 0 Å². The van der Waals surface area contributed by atoms with Gasteiger partial charge < -0.3 is 0 Å². The Balaban J connectivity index is 2.02. The maximum atomic E-state index is 6.07. The van der Waals surface area contributed by atoms with E-state index in [9.17, 15) is 0 Å². The van der Waals surface area contributed by atoms with Crippen LogP contribution in [0.3, 0.4) is 0 Å².